The first-order chi connectivity index (χ1) is 17.0. The molecule has 1 saturated heterocycles. The van der Waals surface area contributed by atoms with Crippen molar-refractivity contribution in [3.05, 3.63) is 84.4 Å². The molecule has 0 aromatic heterocycles. The number of anilines is 1. The Kier molecular flexibility index (Phi) is 7.94. The summed E-state index contributed by atoms with van der Waals surface area (Å²) in [7, 11) is -2.47. The molecule has 1 aliphatic heterocycles. The average molecular weight is 512 g/mol. The van der Waals surface area contributed by atoms with E-state index in [4.69, 9.17) is 9.47 Å². The fourth-order valence-corrected chi connectivity index (χ4v) is 5.24. The maximum absolute atomic E-state index is 13.3. The van der Waals surface area contributed by atoms with Gasteiger partial charge in [0.1, 0.15) is 24.1 Å². The Bertz CT molecular complexity index is 1260. The van der Waals surface area contributed by atoms with Crippen LogP contribution in [-0.4, -0.2) is 51.8 Å². The Morgan fingerprint density at radius 2 is 1.69 bits per heavy atom. The van der Waals surface area contributed by atoms with Crippen LogP contribution < -0.4 is 19.2 Å². The first kappa shape index (κ1) is 24.6. The lowest BCUT2D eigenvalue weighted by Crippen LogP contribution is -2.39. The fourth-order valence-electron chi connectivity index (χ4n) is 3.23. The molecule has 0 saturated carbocycles. The third-order valence-electron chi connectivity index (χ3n) is 5.17. The second-order valence-corrected chi connectivity index (χ2v) is 10.6. The largest absolute Gasteiger partial charge is 0.497 e. The first-order valence-corrected chi connectivity index (χ1v) is 13.4. The summed E-state index contributed by atoms with van der Waals surface area (Å²) in [5, 5.41) is 3.98. The number of amides is 1. The summed E-state index contributed by atoms with van der Waals surface area (Å²) < 4.78 is 38.6. The number of ether oxygens (including phenoxy) is 2. The summed E-state index contributed by atoms with van der Waals surface area (Å²) in [5.74, 6) is 2.78. The van der Waals surface area contributed by atoms with Crippen LogP contribution in [0.25, 0.3) is 0 Å². The Balaban J connectivity index is 1.44. The highest BCUT2D eigenvalue weighted by Gasteiger charge is 2.27. The number of benzene rings is 3. The van der Waals surface area contributed by atoms with E-state index in [2.05, 4.69) is 10.5 Å². The van der Waals surface area contributed by atoms with Crippen LogP contribution in [0.5, 0.6) is 11.5 Å². The number of nitrogens with one attached hydrogen (secondary N) is 1. The number of hydrogen-bond acceptors (Lipinski definition) is 7. The van der Waals surface area contributed by atoms with Crippen molar-refractivity contribution in [3.63, 3.8) is 0 Å². The molecule has 0 aliphatic carbocycles. The molecule has 10 heteroatoms. The predicted octanol–water partition coefficient (Wildman–Crippen LogP) is 3.54. The summed E-state index contributed by atoms with van der Waals surface area (Å²) in [6.45, 7) is -0.451. The van der Waals surface area contributed by atoms with Gasteiger partial charge in [0.05, 0.1) is 23.9 Å². The van der Waals surface area contributed by atoms with Crippen molar-refractivity contribution in [2.45, 2.75) is 11.0 Å². The second-order valence-electron chi connectivity index (χ2n) is 7.66. The second kappa shape index (κ2) is 11.3. The van der Waals surface area contributed by atoms with Crippen LogP contribution in [0.2, 0.25) is 0 Å². The number of rotatable bonds is 10. The number of nitrogens with zero attached hydrogens (tertiary/aromatic N) is 2. The maximum atomic E-state index is 13.3. The van der Waals surface area contributed by atoms with Gasteiger partial charge in [-0.05, 0) is 66.2 Å². The van der Waals surface area contributed by atoms with Crippen molar-refractivity contribution in [1.29, 1.82) is 0 Å². The molecular formula is C25H25N3O5S2. The summed E-state index contributed by atoms with van der Waals surface area (Å²) in [5.41, 5.74) is 3.50. The van der Waals surface area contributed by atoms with Crippen molar-refractivity contribution in [3.8, 4) is 11.5 Å². The lowest BCUT2D eigenvalue weighted by Gasteiger charge is -2.25. The molecule has 1 amide bonds. The van der Waals surface area contributed by atoms with Gasteiger partial charge in [0.15, 0.2) is 0 Å². The van der Waals surface area contributed by atoms with Crippen LogP contribution >= 0.6 is 11.8 Å². The third kappa shape index (κ3) is 6.34. The van der Waals surface area contributed by atoms with E-state index in [0.29, 0.717) is 11.4 Å². The number of sulfonamides is 1. The molecule has 0 spiro atoms. The number of methoxy groups -OCH3 is 1. The highest BCUT2D eigenvalue weighted by atomic mass is 32.2. The number of carbonyl (C=O) groups is 1. The van der Waals surface area contributed by atoms with Crippen LogP contribution in [0.3, 0.4) is 0 Å². The van der Waals surface area contributed by atoms with E-state index in [9.17, 15) is 13.2 Å². The monoisotopic (exact) mass is 511 g/mol. The van der Waals surface area contributed by atoms with Crippen LogP contribution in [-0.2, 0) is 14.8 Å². The van der Waals surface area contributed by atoms with Gasteiger partial charge in [-0.3, -0.25) is 9.10 Å². The number of thioether (sulfide) groups is 1. The smallest absolute Gasteiger partial charge is 0.264 e. The van der Waals surface area contributed by atoms with E-state index < -0.39 is 22.5 Å². The minimum absolute atomic E-state index is 0.0786. The van der Waals surface area contributed by atoms with E-state index in [1.807, 2.05) is 36.0 Å². The first-order valence-electron chi connectivity index (χ1n) is 10.8. The average Bonchev–Trinajstić information content (AvgIpc) is 2.86. The number of hydrazone groups is 1. The van der Waals surface area contributed by atoms with E-state index in [0.717, 1.165) is 27.1 Å². The van der Waals surface area contributed by atoms with Gasteiger partial charge in [-0.25, -0.2) is 13.8 Å². The van der Waals surface area contributed by atoms with Crippen LogP contribution in [0.1, 0.15) is 5.56 Å². The number of carbonyl (C=O) groups excluding carboxylic acids is 1. The molecule has 3 aromatic carbocycles. The van der Waals surface area contributed by atoms with Crippen LogP contribution in [0.4, 0.5) is 5.69 Å². The molecule has 0 atom stereocenters. The maximum Gasteiger partial charge on any atom is 0.264 e. The molecule has 35 heavy (non-hydrogen) atoms. The van der Waals surface area contributed by atoms with Gasteiger partial charge in [-0.1, -0.05) is 18.2 Å². The molecule has 0 unspecified atom stereocenters. The SMILES string of the molecule is COc1ccc(N(CC(=O)NN=Cc2ccc(OC3CSC3)cc2)S(=O)(=O)c2ccccc2)cc1. The van der Waals surface area contributed by atoms with Gasteiger partial charge in [-0.2, -0.15) is 16.9 Å². The zero-order valence-corrected chi connectivity index (χ0v) is 20.7. The van der Waals surface area contributed by atoms with Gasteiger partial charge in [0, 0.05) is 11.5 Å². The van der Waals surface area contributed by atoms with Crippen molar-refractivity contribution in [2.75, 3.05) is 29.5 Å². The minimum Gasteiger partial charge on any atom is -0.497 e. The Morgan fingerprint density at radius 1 is 1.03 bits per heavy atom. The normalized spacial score (nSPS) is 13.7. The highest BCUT2D eigenvalue weighted by molar-refractivity contribution is 8.00. The molecule has 8 nitrogen and oxygen atoms in total. The van der Waals surface area contributed by atoms with Crippen molar-refractivity contribution in [1.82, 2.24) is 5.43 Å². The minimum atomic E-state index is -3.99. The molecule has 1 aliphatic rings. The van der Waals surface area contributed by atoms with E-state index in [-0.39, 0.29) is 11.0 Å². The van der Waals surface area contributed by atoms with E-state index in [1.165, 1.54) is 25.5 Å². The Hall–Kier alpha value is -3.50. The van der Waals surface area contributed by atoms with Crippen molar-refractivity contribution >= 4 is 39.6 Å². The van der Waals surface area contributed by atoms with Crippen molar-refractivity contribution in [2.24, 2.45) is 5.10 Å². The Morgan fingerprint density at radius 3 is 2.29 bits per heavy atom. The fraction of sp³-hybridized carbons (Fsp3) is 0.200. The van der Waals surface area contributed by atoms with E-state index >= 15 is 0 Å². The van der Waals surface area contributed by atoms with Gasteiger partial charge < -0.3 is 9.47 Å². The molecule has 4 rings (SSSR count). The molecule has 1 heterocycles. The molecule has 0 bridgehead atoms. The topological polar surface area (TPSA) is 97.3 Å². The standard InChI is InChI=1S/C25H25N3O5S2/c1-32-21-13-9-20(10-14-21)28(35(30,31)24-5-3-2-4-6-24)16-25(29)27-26-15-19-7-11-22(12-8-19)33-23-17-34-18-23/h2-15,23H,16-18H2,1H3,(H,27,29). The Labute approximate surface area is 209 Å². The quantitative estimate of drug-likeness (QED) is 0.330. The van der Waals surface area contributed by atoms with E-state index in [1.54, 1.807) is 42.5 Å². The molecule has 1 fully saturated rings. The summed E-state index contributed by atoms with van der Waals surface area (Å²) in [6, 6.07) is 21.8. The molecule has 0 radical (unpaired) electrons. The van der Waals surface area contributed by atoms with Crippen LogP contribution in [0.15, 0.2) is 88.9 Å². The van der Waals surface area contributed by atoms with Gasteiger partial charge >= 0.3 is 0 Å². The molecule has 1 N–H and O–H groups in total. The summed E-state index contributed by atoms with van der Waals surface area (Å²) >= 11 is 1.85. The molecule has 3 aromatic rings. The zero-order valence-electron chi connectivity index (χ0n) is 19.0. The summed E-state index contributed by atoms with van der Waals surface area (Å²) in [4.78, 5) is 12.7. The number of hydrogen-bond donors (Lipinski definition) is 1. The van der Waals surface area contributed by atoms with Gasteiger partial charge in [-0.15, -0.1) is 0 Å². The van der Waals surface area contributed by atoms with Gasteiger partial charge in [0.25, 0.3) is 15.9 Å². The molecule has 182 valence electrons. The highest BCUT2D eigenvalue weighted by Crippen LogP contribution is 2.26. The zero-order chi connectivity index (χ0) is 24.7. The third-order valence-corrected chi connectivity index (χ3v) is 8.18. The van der Waals surface area contributed by atoms with Gasteiger partial charge in [0.2, 0.25) is 0 Å². The lowest BCUT2D eigenvalue weighted by molar-refractivity contribution is -0.119. The van der Waals surface area contributed by atoms with Crippen molar-refractivity contribution < 1.29 is 22.7 Å². The summed E-state index contributed by atoms with van der Waals surface area (Å²) in [6.07, 6.45) is 1.75. The predicted molar refractivity (Wildman–Crippen MR) is 138 cm³/mol. The van der Waals surface area contributed by atoms with Crippen LogP contribution in [0, 0.1) is 0 Å². The lowest BCUT2D eigenvalue weighted by atomic mass is 10.2. The molecular weight excluding hydrogens is 486 g/mol.